The van der Waals surface area contributed by atoms with E-state index >= 15 is 0 Å². The number of hydrogen-bond donors (Lipinski definition) is 1. The molecule has 0 saturated heterocycles. The quantitative estimate of drug-likeness (QED) is 0.868. The highest BCUT2D eigenvalue weighted by atomic mass is 19.1. The lowest BCUT2D eigenvalue weighted by Crippen LogP contribution is -2.26. The van der Waals surface area contributed by atoms with Crippen LogP contribution >= 0.6 is 0 Å². The molecule has 1 atom stereocenters. The van der Waals surface area contributed by atoms with Crippen LogP contribution in [0.3, 0.4) is 0 Å². The maximum absolute atomic E-state index is 13.5. The van der Waals surface area contributed by atoms with Gasteiger partial charge in [-0.2, -0.15) is 0 Å². The first kappa shape index (κ1) is 13.7. The first-order valence-corrected chi connectivity index (χ1v) is 6.54. The summed E-state index contributed by atoms with van der Waals surface area (Å²) in [7, 11) is 0. The van der Waals surface area contributed by atoms with Gasteiger partial charge >= 0.3 is 0 Å². The van der Waals surface area contributed by atoms with Gasteiger partial charge < -0.3 is 9.84 Å². The molecule has 0 spiro atoms. The Bertz CT molecular complexity index is 524. The van der Waals surface area contributed by atoms with Crippen LogP contribution < -0.4 is 5.32 Å². The molecule has 0 radical (unpaired) electrons. The van der Waals surface area contributed by atoms with Gasteiger partial charge in [-0.05, 0) is 38.3 Å². The summed E-state index contributed by atoms with van der Waals surface area (Å²) < 4.78 is 18.5. The predicted molar refractivity (Wildman–Crippen MR) is 72.3 cm³/mol. The van der Waals surface area contributed by atoms with Gasteiger partial charge in [-0.25, -0.2) is 4.39 Å². The molecule has 19 heavy (non-hydrogen) atoms. The highest BCUT2D eigenvalue weighted by molar-refractivity contribution is 5.17. The van der Waals surface area contributed by atoms with E-state index < -0.39 is 0 Å². The Kier molecular flexibility index (Phi) is 4.68. The summed E-state index contributed by atoms with van der Waals surface area (Å²) >= 11 is 0. The molecule has 0 aliphatic heterocycles. The number of nitrogens with one attached hydrogen (secondary N) is 1. The molecule has 1 aromatic carbocycles. The summed E-state index contributed by atoms with van der Waals surface area (Å²) in [4.78, 5) is 0. The van der Waals surface area contributed by atoms with Gasteiger partial charge in [0.2, 0.25) is 0 Å². The first-order chi connectivity index (χ1) is 9.15. The monoisotopic (exact) mass is 262 g/mol. The van der Waals surface area contributed by atoms with E-state index in [1.165, 1.54) is 6.07 Å². The van der Waals surface area contributed by atoms with Gasteiger partial charge in [-0.1, -0.05) is 23.4 Å². The Morgan fingerprint density at radius 3 is 2.84 bits per heavy atom. The second kappa shape index (κ2) is 6.48. The van der Waals surface area contributed by atoms with Crippen LogP contribution in [0, 0.1) is 12.7 Å². The second-order valence-electron chi connectivity index (χ2n) is 4.84. The predicted octanol–water partition coefficient (Wildman–Crippen LogP) is 3.23. The second-order valence-corrected chi connectivity index (χ2v) is 4.84. The minimum absolute atomic E-state index is 0.123. The number of benzene rings is 1. The number of aromatic nitrogens is 1. The molecular weight excluding hydrogens is 243 g/mol. The Morgan fingerprint density at radius 1 is 1.37 bits per heavy atom. The Hall–Kier alpha value is -1.68. The van der Waals surface area contributed by atoms with E-state index in [0.717, 1.165) is 29.9 Å². The van der Waals surface area contributed by atoms with Gasteiger partial charge in [0, 0.05) is 18.7 Å². The number of halogens is 1. The van der Waals surface area contributed by atoms with Crippen LogP contribution in [0.1, 0.15) is 30.4 Å². The van der Waals surface area contributed by atoms with Gasteiger partial charge in [0.15, 0.2) is 0 Å². The Labute approximate surface area is 112 Å². The lowest BCUT2D eigenvalue weighted by Gasteiger charge is -2.12. The van der Waals surface area contributed by atoms with Crippen LogP contribution in [0.2, 0.25) is 0 Å². The number of rotatable bonds is 6. The molecule has 2 rings (SSSR count). The summed E-state index contributed by atoms with van der Waals surface area (Å²) in [6.07, 6.45) is 1.62. The first-order valence-electron chi connectivity index (χ1n) is 6.54. The van der Waals surface area contributed by atoms with Crippen molar-refractivity contribution in [3.05, 3.63) is 53.2 Å². The molecule has 3 nitrogen and oxygen atoms in total. The van der Waals surface area contributed by atoms with Crippen molar-refractivity contribution in [1.29, 1.82) is 0 Å². The van der Waals surface area contributed by atoms with Crippen molar-refractivity contribution in [2.24, 2.45) is 0 Å². The minimum atomic E-state index is -0.123. The third-order valence-corrected chi connectivity index (χ3v) is 3.11. The SMILES string of the molecule is Cc1cc(CN[C@H](C)CCc2ccccc2F)no1. The van der Waals surface area contributed by atoms with Crippen molar-refractivity contribution in [3.8, 4) is 0 Å². The third kappa shape index (κ3) is 4.17. The smallest absolute Gasteiger partial charge is 0.133 e. The highest BCUT2D eigenvalue weighted by Crippen LogP contribution is 2.10. The van der Waals surface area contributed by atoms with Crippen molar-refractivity contribution in [3.63, 3.8) is 0 Å². The summed E-state index contributed by atoms with van der Waals surface area (Å²) in [6, 6.07) is 9.14. The summed E-state index contributed by atoms with van der Waals surface area (Å²) in [5, 5.41) is 7.28. The molecule has 1 N–H and O–H groups in total. The van der Waals surface area contributed by atoms with Crippen LogP contribution in [0.25, 0.3) is 0 Å². The largest absolute Gasteiger partial charge is 0.361 e. The average Bonchev–Trinajstić information content (AvgIpc) is 2.81. The molecule has 0 amide bonds. The van der Waals surface area contributed by atoms with Crippen LogP contribution in [-0.2, 0) is 13.0 Å². The molecule has 1 heterocycles. The zero-order valence-corrected chi connectivity index (χ0v) is 11.3. The summed E-state index contributed by atoms with van der Waals surface area (Å²) in [6.45, 7) is 4.64. The number of hydrogen-bond acceptors (Lipinski definition) is 3. The van der Waals surface area contributed by atoms with E-state index in [9.17, 15) is 4.39 Å². The topological polar surface area (TPSA) is 38.1 Å². The van der Waals surface area contributed by atoms with Crippen LogP contribution in [-0.4, -0.2) is 11.2 Å². The van der Waals surface area contributed by atoms with E-state index in [2.05, 4.69) is 17.4 Å². The standard InChI is InChI=1S/C15H19FN2O/c1-11(17-10-14-9-12(2)19-18-14)7-8-13-5-3-4-6-15(13)16/h3-6,9,11,17H,7-8,10H2,1-2H3/t11-/m1/s1. The number of nitrogens with zero attached hydrogens (tertiary/aromatic N) is 1. The Morgan fingerprint density at radius 2 is 2.16 bits per heavy atom. The van der Waals surface area contributed by atoms with E-state index in [4.69, 9.17) is 4.52 Å². The maximum atomic E-state index is 13.5. The van der Waals surface area contributed by atoms with Gasteiger partial charge in [-0.3, -0.25) is 0 Å². The lowest BCUT2D eigenvalue weighted by molar-refractivity contribution is 0.385. The van der Waals surface area contributed by atoms with E-state index in [1.807, 2.05) is 25.1 Å². The fraction of sp³-hybridized carbons (Fsp3) is 0.400. The van der Waals surface area contributed by atoms with Gasteiger partial charge in [0.1, 0.15) is 11.6 Å². The Balaban J connectivity index is 1.76. The van der Waals surface area contributed by atoms with Crippen molar-refractivity contribution < 1.29 is 8.91 Å². The minimum Gasteiger partial charge on any atom is -0.361 e. The molecule has 102 valence electrons. The molecule has 0 unspecified atom stereocenters. The summed E-state index contributed by atoms with van der Waals surface area (Å²) in [5.74, 6) is 0.692. The van der Waals surface area contributed by atoms with Crippen LogP contribution in [0.5, 0.6) is 0 Å². The lowest BCUT2D eigenvalue weighted by atomic mass is 10.1. The third-order valence-electron chi connectivity index (χ3n) is 3.11. The molecule has 0 bridgehead atoms. The zero-order valence-electron chi connectivity index (χ0n) is 11.3. The average molecular weight is 262 g/mol. The fourth-order valence-corrected chi connectivity index (χ4v) is 1.96. The maximum Gasteiger partial charge on any atom is 0.133 e. The molecule has 2 aromatic rings. The van der Waals surface area contributed by atoms with E-state index in [1.54, 1.807) is 6.07 Å². The fourth-order valence-electron chi connectivity index (χ4n) is 1.96. The molecule has 0 aliphatic rings. The van der Waals surface area contributed by atoms with Gasteiger partial charge in [0.25, 0.3) is 0 Å². The van der Waals surface area contributed by atoms with Crippen molar-refractivity contribution in [1.82, 2.24) is 10.5 Å². The normalized spacial score (nSPS) is 12.6. The van der Waals surface area contributed by atoms with Crippen LogP contribution in [0.15, 0.2) is 34.9 Å². The molecule has 0 aliphatic carbocycles. The van der Waals surface area contributed by atoms with E-state index in [-0.39, 0.29) is 5.82 Å². The molecule has 0 fully saturated rings. The van der Waals surface area contributed by atoms with E-state index in [0.29, 0.717) is 12.6 Å². The molecule has 4 heteroatoms. The molecule has 1 aromatic heterocycles. The summed E-state index contributed by atoms with van der Waals surface area (Å²) in [5.41, 5.74) is 1.67. The van der Waals surface area contributed by atoms with Crippen molar-refractivity contribution >= 4 is 0 Å². The van der Waals surface area contributed by atoms with Crippen molar-refractivity contribution in [2.45, 2.75) is 39.3 Å². The molecular formula is C15H19FN2O. The molecule has 0 saturated carbocycles. The highest BCUT2D eigenvalue weighted by Gasteiger charge is 2.07. The van der Waals surface area contributed by atoms with Crippen LogP contribution in [0.4, 0.5) is 4.39 Å². The van der Waals surface area contributed by atoms with Crippen molar-refractivity contribution in [2.75, 3.05) is 0 Å². The van der Waals surface area contributed by atoms with Gasteiger partial charge in [-0.15, -0.1) is 0 Å². The zero-order chi connectivity index (χ0) is 13.7. The number of aryl methyl sites for hydroxylation is 2. The van der Waals surface area contributed by atoms with Gasteiger partial charge in [0.05, 0.1) is 5.69 Å².